The highest BCUT2D eigenvalue weighted by Gasteiger charge is 2.48. The van der Waals surface area contributed by atoms with E-state index in [4.69, 9.17) is 10.2 Å². The van der Waals surface area contributed by atoms with Crippen molar-refractivity contribution in [1.82, 2.24) is 15.2 Å². The molecule has 1 heterocycles. The molecule has 4 rings (SSSR count). The number of hydrogen-bond acceptors (Lipinski definition) is 6. The van der Waals surface area contributed by atoms with E-state index in [1.807, 2.05) is 38.1 Å². The van der Waals surface area contributed by atoms with E-state index in [0.717, 1.165) is 30.0 Å². The fourth-order valence-electron chi connectivity index (χ4n) is 6.25. The molecule has 0 saturated heterocycles. The van der Waals surface area contributed by atoms with Crippen molar-refractivity contribution < 1.29 is 27.9 Å². The van der Waals surface area contributed by atoms with Crippen LogP contribution in [0.2, 0.25) is 0 Å². The largest absolute Gasteiger partial charge is 0.445 e. The van der Waals surface area contributed by atoms with Crippen molar-refractivity contribution in [3.8, 4) is 11.5 Å². The third kappa shape index (κ3) is 8.32. The van der Waals surface area contributed by atoms with Gasteiger partial charge in [0.1, 0.15) is 17.9 Å². The van der Waals surface area contributed by atoms with Crippen molar-refractivity contribution in [2.24, 2.45) is 17.1 Å². The van der Waals surface area contributed by atoms with Crippen molar-refractivity contribution in [1.29, 1.82) is 0 Å². The fourth-order valence-corrected chi connectivity index (χ4v) is 6.25. The van der Waals surface area contributed by atoms with Crippen LogP contribution in [-0.4, -0.2) is 52.5 Å². The minimum atomic E-state index is -1.50. The number of carbonyl (C=O) groups excluding carboxylic acids is 2. The Labute approximate surface area is 263 Å². The number of carbonyl (C=O) groups is 2. The van der Waals surface area contributed by atoms with Crippen LogP contribution in [-0.2, 0) is 22.6 Å². The summed E-state index contributed by atoms with van der Waals surface area (Å²) in [7, 11) is 0. The van der Waals surface area contributed by atoms with E-state index in [0.29, 0.717) is 36.7 Å². The maximum absolute atomic E-state index is 14.3. The Kier molecular flexibility index (Phi) is 11.4. The molecule has 0 aliphatic heterocycles. The molecule has 0 radical (unpaired) electrons. The molecule has 1 aromatic heterocycles. The number of halogens is 2. The molecular weight excluding hydrogens is 578 g/mol. The zero-order valence-electron chi connectivity index (χ0n) is 26.1. The summed E-state index contributed by atoms with van der Waals surface area (Å²) >= 11 is 0. The van der Waals surface area contributed by atoms with Gasteiger partial charge in [-0.2, -0.15) is 0 Å². The predicted octanol–water partition coefficient (Wildman–Crippen LogP) is 5.33. The van der Waals surface area contributed by atoms with Crippen molar-refractivity contribution >= 4 is 11.8 Å². The van der Waals surface area contributed by atoms with Crippen LogP contribution in [0, 0.1) is 23.0 Å². The molecule has 8 nitrogen and oxygen atoms in total. The van der Waals surface area contributed by atoms with Crippen LogP contribution in [0.5, 0.6) is 0 Å². The average molecular weight is 621 g/mol. The van der Waals surface area contributed by atoms with Gasteiger partial charge in [0.15, 0.2) is 0 Å². The molecule has 2 aromatic carbocycles. The Bertz CT molecular complexity index is 1510. The molecule has 4 N–H and O–H groups in total. The highest BCUT2D eigenvalue weighted by Crippen LogP contribution is 2.44. The topological polar surface area (TPSA) is 122 Å². The van der Waals surface area contributed by atoms with E-state index in [1.165, 1.54) is 18.4 Å². The van der Waals surface area contributed by atoms with Crippen molar-refractivity contribution in [2.45, 2.75) is 59.1 Å². The third-order valence-electron chi connectivity index (χ3n) is 8.17. The molecule has 1 aliphatic carbocycles. The van der Waals surface area contributed by atoms with Crippen LogP contribution >= 0.6 is 0 Å². The average Bonchev–Trinajstić information content (AvgIpc) is 3.54. The van der Waals surface area contributed by atoms with E-state index in [-0.39, 0.29) is 30.9 Å². The lowest BCUT2D eigenvalue weighted by Gasteiger charge is -2.42. The number of aliphatic hydroxyl groups excluding tert-OH is 1. The molecule has 3 atom stereocenters. The Morgan fingerprint density at radius 1 is 1.11 bits per heavy atom. The molecule has 0 spiro atoms. The zero-order valence-corrected chi connectivity index (χ0v) is 26.1. The second kappa shape index (κ2) is 15.2. The number of nitrogens with one attached hydrogen (secondary N) is 1. The number of nitrogens with zero attached hydrogens (tertiary/aromatic N) is 2. The highest BCUT2D eigenvalue weighted by molar-refractivity contribution is 5.97. The van der Waals surface area contributed by atoms with Gasteiger partial charge in [-0.15, -0.1) is 0 Å². The van der Waals surface area contributed by atoms with Gasteiger partial charge in [-0.3, -0.25) is 9.59 Å². The summed E-state index contributed by atoms with van der Waals surface area (Å²) in [4.78, 5) is 33.1. The number of benzene rings is 2. The normalized spacial score (nSPS) is 17.7. The first kappa shape index (κ1) is 33.7. The van der Waals surface area contributed by atoms with Crippen LogP contribution in [0.15, 0.2) is 82.6 Å². The second-order valence-corrected chi connectivity index (χ2v) is 11.8. The monoisotopic (exact) mass is 620 g/mol. The summed E-state index contributed by atoms with van der Waals surface area (Å²) in [5.41, 5.74) is 7.66. The van der Waals surface area contributed by atoms with E-state index < -0.39 is 35.0 Å². The van der Waals surface area contributed by atoms with Crippen molar-refractivity contribution in [3.05, 3.63) is 101 Å². The third-order valence-corrected chi connectivity index (χ3v) is 8.17. The van der Waals surface area contributed by atoms with Gasteiger partial charge in [-0.05, 0) is 68.0 Å². The number of aliphatic hydroxyl groups is 1. The molecule has 0 fully saturated rings. The summed E-state index contributed by atoms with van der Waals surface area (Å²) in [6.07, 6.45) is 6.78. The van der Waals surface area contributed by atoms with E-state index in [2.05, 4.69) is 10.3 Å². The van der Waals surface area contributed by atoms with Crippen LogP contribution in [0.4, 0.5) is 8.78 Å². The first-order valence-corrected chi connectivity index (χ1v) is 15.4. The Morgan fingerprint density at radius 2 is 1.82 bits per heavy atom. The Morgan fingerprint density at radius 3 is 2.44 bits per heavy atom. The van der Waals surface area contributed by atoms with Gasteiger partial charge < -0.3 is 25.5 Å². The van der Waals surface area contributed by atoms with Gasteiger partial charge in [0.2, 0.25) is 17.7 Å². The van der Waals surface area contributed by atoms with Gasteiger partial charge in [0.25, 0.3) is 0 Å². The minimum Gasteiger partial charge on any atom is -0.445 e. The van der Waals surface area contributed by atoms with E-state index >= 15 is 0 Å². The quantitative estimate of drug-likeness (QED) is 0.211. The smallest absolute Gasteiger partial charge is 0.249 e. The van der Waals surface area contributed by atoms with Gasteiger partial charge in [-0.1, -0.05) is 43.7 Å². The standard InChI is InChI=1S/C35H42F2N4O4/c1-4-10-41(11-5-2)33(43)27-13-23(3)19-35(20-27,34(38)44)30(17-25-15-28(36)18-29(37)16-25)31(42)22-39-21-24-7-6-8-26(14-24)32-40-9-12-45-32/h6-9,12-16,18-19,30-31,39,42H,4-5,10-11,17,20-22H2,1-3H3,(H2,38,44)/t30-,31+,35?/m1/s1. The number of oxazole rings is 1. The maximum atomic E-state index is 14.3. The lowest BCUT2D eigenvalue weighted by Crippen LogP contribution is -2.51. The van der Waals surface area contributed by atoms with Gasteiger partial charge >= 0.3 is 0 Å². The number of nitrogens with two attached hydrogens (primary N) is 1. The number of primary amides is 1. The van der Waals surface area contributed by atoms with Crippen LogP contribution in [0.25, 0.3) is 11.5 Å². The van der Waals surface area contributed by atoms with Crippen LogP contribution in [0.3, 0.4) is 0 Å². The molecule has 45 heavy (non-hydrogen) atoms. The van der Waals surface area contributed by atoms with Crippen molar-refractivity contribution in [2.75, 3.05) is 19.6 Å². The Hall–Kier alpha value is -4.15. The molecule has 240 valence electrons. The lowest BCUT2D eigenvalue weighted by atomic mass is 9.63. The zero-order chi connectivity index (χ0) is 32.6. The molecule has 1 unspecified atom stereocenters. The number of rotatable bonds is 15. The summed E-state index contributed by atoms with van der Waals surface area (Å²) in [5, 5.41) is 15.0. The van der Waals surface area contributed by atoms with Crippen molar-refractivity contribution in [3.63, 3.8) is 0 Å². The fraction of sp³-hybridized carbons (Fsp3) is 0.400. The Balaban J connectivity index is 1.64. The maximum Gasteiger partial charge on any atom is 0.249 e. The van der Waals surface area contributed by atoms with Crippen LogP contribution < -0.4 is 11.1 Å². The number of hydrogen-bond donors (Lipinski definition) is 3. The predicted molar refractivity (Wildman–Crippen MR) is 168 cm³/mol. The second-order valence-electron chi connectivity index (χ2n) is 11.8. The number of amides is 2. The van der Waals surface area contributed by atoms with Gasteiger partial charge in [0, 0.05) is 49.3 Å². The molecule has 2 amide bonds. The first-order chi connectivity index (χ1) is 21.6. The summed E-state index contributed by atoms with van der Waals surface area (Å²) in [6.45, 7) is 7.30. The van der Waals surface area contributed by atoms with Crippen LogP contribution in [0.1, 0.15) is 51.2 Å². The number of allylic oxidation sites excluding steroid dienone is 2. The highest BCUT2D eigenvalue weighted by atomic mass is 19.1. The van der Waals surface area contributed by atoms with E-state index in [1.54, 1.807) is 30.2 Å². The molecule has 0 saturated carbocycles. The molecule has 1 aliphatic rings. The molecular formula is C35H42F2N4O4. The molecule has 0 bridgehead atoms. The van der Waals surface area contributed by atoms with Gasteiger partial charge in [0.05, 0.1) is 17.7 Å². The lowest BCUT2D eigenvalue weighted by molar-refractivity contribution is -0.132. The SMILES string of the molecule is CCCN(CCC)C(=O)C1=CC(C)=CC(C(N)=O)([C@H](Cc2cc(F)cc(F)c2)[C@@H](O)CNCc2cccc(-c3ncco3)c2)C1. The number of aromatic nitrogens is 1. The summed E-state index contributed by atoms with van der Waals surface area (Å²) < 4.78 is 33.9. The first-order valence-electron chi connectivity index (χ1n) is 15.4. The minimum absolute atomic E-state index is 0.0401. The van der Waals surface area contributed by atoms with Gasteiger partial charge in [-0.25, -0.2) is 13.8 Å². The molecule has 10 heteroatoms. The van der Waals surface area contributed by atoms with E-state index in [9.17, 15) is 23.5 Å². The summed E-state index contributed by atoms with van der Waals surface area (Å²) in [6, 6.07) is 10.7. The summed E-state index contributed by atoms with van der Waals surface area (Å²) in [5.74, 6) is -2.88. The molecule has 3 aromatic rings.